The summed E-state index contributed by atoms with van der Waals surface area (Å²) < 4.78 is 1.57. The first-order valence-corrected chi connectivity index (χ1v) is 10.9. The van der Waals surface area contributed by atoms with Crippen LogP contribution in [0.1, 0.15) is 25.1 Å². The van der Waals surface area contributed by atoms with Crippen molar-refractivity contribution in [1.29, 1.82) is 5.26 Å². The van der Waals surface area contributed by atoms with Gasteiger partial charge in [-0.05, 0) is 38.1 Å². The van der Waals surface area contributed by atoms with Crippen LogP contribution < -0.4 is 10.5 Å². The van der Waals surface area contributed by atoms with Gasteiger partial charge in [0.05, 0.1) is 11.2 Å². The van der Waals surface area contributed by atoms with Crippen molar-refractivity contribution in [2.24, 2.45) is 7.05 Å². The maximum atomic E-state index is 12.6. The number of aromatic nitrogens is 2. The molecule has 0 spiro atoms. The summed E-state index contributed by atoms with van der Waals surface area (Å²) >= 11 is 12.8. The molecule has 1 fully saturated rings. The second kappa shape index (κ2) is 8.51. The van der Waals surface area contributed by atoms with Crippen molar-refractivity contribution in [3.8, 4) is 6.07 Å². The van der Waals surface area contributed by atoms with E-state index in [1.807, 2.05) is 18.2 Å². The van der Waals surface area contributed by atoms with E-state index in [4.69, 9.17) is 23.2 Å². The van der Waals surface area contributed by atoms with Crippen molar-refractivity contribution >= 4 is 39.9 Å². The van der Waals surface area contributed by atoms with Gasteiger partial charge in [0.2, 0.25) is 0 Å². The highest BCUT2D eigenvalue weighted by Crippen LogP contribution is 2.31. The molecule has 0 radical (unpaired) electrons. The Morgan fingerprint density at radius 3 is 2.52 bits per heavy atom. The molecule has 0 amide bonds. The van der Waals surface area contributed by atoms with Crippen molar-refractivity contribution < 1.29 is 0 Å². The Kier molecular flexibility index (Phi) is 5.94. The number of nitriles is 1. The van der Waals surface area contributed by atoms with Crippen molar-refractivity contribution in [1.82, 2.24) is 14.5 Å². The van der Waals surface area contributed by atoms with E-state index >= 15 is 0 Å². The first-order valence-electron chi connectivity index (χ1n) is 10.1. The van der Waals surface area contributed by atoms with Crippen LogP contribution in [0.3, 0.4) is 0 Å². The molecule has 3 aromatic rings. The largest absolute Gasteiger partial charge is 0.364 e. The van der Waals surface area contributed by atoms with Crippen molar-refractivity contribution in [2.45, 2.75) is 32.5 Å². The van der Waals surface area contributed by atoms with E-state index in [-0.39, 0.29) is 17.6 Å². The maximum Gasteiger partial charge on any atom is 0.252 e. The smallest absolute Gasteiger partial charge is 0.252 e. The van der Waals surface area contributed by atoms with E-state index in [9.17, 15) is 10.1 Å². The second-order valence-corrected chi connectivity index (χ2v) is 8.90. The standard InChI is InChI=1S/C23H23Cl2N5O/c1-14-12-30(15(2)11-29(14)13-17-18(24)5-4-6-19(17)25)21-9-22(31)28(3)20-8-7-16(10-26)27-23(20)21/h4-9,14-15H,11-13H2,1-3H3/t14-,15-/m0/s1. The van der Waals surface area contributed by atoms with Crippen molar-refractivity contribution in [3.63, 3.8) is 0 Å². The molecule has 4 rings (SSSR count). The number of halogens is 2. The molecule has 8 heteroatoms. The van der Waals surface area contributed by atoms with Gasteiger partial charge in [-0.15, -0.1) is 0 Å². The topological polar surface area (TPSA) is 65.2 Å². The number of aryl methyl sites for hydroxylation is 1. The van der Waals surface area contributed by atoms with Crippen LogP contribution in [0.15, 0.2) is 41.2 Å². The van der Waals surface area contributed by atoms with Gasteiger partial charge in [0.15, 0.2) is 0 Å². The van der Waals surface area contributed by atoms with Crippen LogP contribution >= 0.6 is 23.2 Å². The number of hydrogen-bond acceptors (Lipinski definition) is 5. The third-order valence-electron chi connectivity index (χ3n) is 6.03. The minimum atomic E-state index is -0.0980. The number of piperazine rings is 1. The van der Waals surface area contributed by atoms with Gasteiger partial charge < -0.3 is 9.47 Å². The molecule has 2 aromatic heterocycles. The molecule has 31 heavy (non-hydrogen) atoms. The molecule has 0 aliphatic carbocycles. The Balaban J connectivity index is 1.69. The summed E-state index contributed by atoms with van der Waals surface area (Å²) in [4.78, 5) is 21.7. The van der Waals surface area contributed by atoms with Crippen LogP contribution in [-0.4, -0.2) is 39.6 Å². The summed E-state index contributed by atoms with van der Waals surface area (Å²) in [5, 5.41) is 10.6. The molecule has 1 saturated heterocycles. The van der Waals surface area contributed by atoms with Gasteiger partial charge in [-0.3, -0.25) is 9.69 Å². The lowest BCUT2D eigenvalue weighted by atomic mass is 10.0. The minimum Gasteiger partial charge on any atom is -0.364 e. The van der Waals surface area contributed by atoms with Gasteiger partial charge >= 0.3 is 0 Å². The van der Waals surface area contributed by atoms with Gasteiger partial charge in [0.1, 0.15) is 17.3 Å². The van der Waals surface area contributed by atoms with Crippen LogP contribution in [-0.2, 0) is 13.6 Å². The second-order valence-electron chi connectivity index (χ2n) is 8.08. The summed E-state index contributed by atoms with van der Waals surface area (Å²) in [6.07, 6.45) is 0. The van der Waals surface area contributed by atoms with E-state index in [1.54, 1.807) is 29.8 Å². The molecule has 160 valence electrons. The van der Waals surface area contributed by atoms with E-state index in [2.05, 4.69) is 34.7 Å². The summed E-state index contributed by atoms with van der Waals surface area (Å²) in [6.45, 7) is 6.43. The van der Waals surface area contributed by atoms with Gasteiger partial charge in [0.25, 0.3) is 5.56 Å². The molecule has 2 atom stereocenters. The van der Waals surface area contributed by atoms with Crippen molar-refractivity contribution in [2.75, 3.05) is 18.0 Å². The zero-order valence-electron chi connectivity index (χ0n) is 17.6. The SMILES string of the molecule is C[C@H]1CN(c2cc(=O)n(C)c3ccc(C#N)nc23)[C@@H](C)CN1Cc1c(Cl)cccc1Cl. The third kappa shape index (κ3) is 4.01. The molecular formula is C23H23Cl2N5O. The quantitative estimate of drug-likeness (QED) is 0.591. The Bertz CT molecular complexity index is 1230. The summed E-state index contributed by atoms with van der Waals surface area (Å²) in [5.41, 5.74) is 3.32. The number of anilines is 1. The highest BCUT2D eigenvalue weighted by Gasteiger charge is 2.31. The van der Waals surface area contributed by atoms with E-state index in [1.165, 1.54) is 0 Å². The predicted molar refractivity (Wildman–Crippen MR) is 125 cm³/mol. The lowest BCUT2D eigenvalue weighted by molar-refractivity contribution is 0.158. The molecule has 6 nitrogen and oxygen atoms in total. The van der Waals surface area contributed by atoms with Crippen LogP contribution in [0, 0.1) is 11.3 Å². The first-order chi connectivity index (χ1) is 14.8. The number of pyridine rings is 2. The maximum absolute atomic E-state index is 12.6. The molecule has 1 aromatic carbocycles. The fourth-order valence-electron chi connectivity index (χ4n) is 4.23. The molecule has 3 heterocycles. The summed E-state index contributed by atoms with van der Waals surface area (Å²) in [6, 6.07) is 13.0. The first kappa shape index (κ1) is 21.6. The molecule has 0 N–H and O–H groups in total. The van der Waals surface area contributed by atoms with Gasteiger partial charge in [-0.25, -0.2) is 4.98 Å². The Labute approximate surface area is 191 Å². The number of rotatable bonds is 3. The fourth-order valence-corrected chi connectivity index (χ4v) is 4.75. The summed E-state index contributed by atoms with van der Waals surface area (Å²) in [5.74, 6) is 0. The molecule has 0 saturated carbocycles. The highest BCUT2D eigenvalue weighted by molar-refractivity contribution is 6.35. The number of benzene rings is 1. The molecule has 0 unspecified atom stereocenters. The lowest BCUT2D eigenvalue weighted by Crippen LogP contribution is -2.56. The molecular weight excluding hydrogens is 433 g/mol. The number of hydrogen-bond donors (Lipinski definition) is 0. The average molecular weight is 456 g/mol. The summed E-state index contributed by atoms with van der Waals surface area (Å²) in [7, 11) is 1.72. The third-order valence-corrected chi connectivity index (χ3v) is 6.74. The average Bonchev–Trinajstić information content (AvgIpc) is 2.75. The van der Waals surface area contributed by atoms with Crippen LogP contribution in [0.2, 0.25) is 10.0 Å². The number of fused-ring (bicyclic) bond motifs is 1. The molecule has 1 aliphatic heterocycles. The zero-order chi connectivity index (χ0) is 22.3. The lowest BCUT2D eigenvalue weighted by Gasteiger charge is -2.45. The van der Waals surface area contributed by atoms with Crippen LogP contribution in [0.4, 0.5) is 5.69 Å². The Hall–Kier alpha value is -2.59. The molecule has 0 bridgehead atoms. The van der Waals surface area contributed by atoms with E-state index in [0.717, 1.165) is 17.8 Å². The number of nitrogens with zero attached hydrogens (tertiary/aromatic N) is 5. The minimum absolute atomic E-state index is 0.0980. The van der Waals surface area contributed by atoms with Gasteiger partial charge in [0, 0.05) is 60.4 Å². The zero-order valence-corrected chi connectivity index (χ0v) is 19.2. The van der Waals surface area contributed by atoms with Crippen molar-refractivity contribution in [3.05, 3.63) is 68.1 Å². The Morgan fingerprint density at radius 1 is 1.13 bits per heavy atom. The predicted octanol–water partition coefficient (Wildman–Crippen LogP) is 4.21. The van der Waals surface area contributed by atoms with E-state index in [0.29, 0.717) is 39.9 Å². The molecule has 1 aliphatic rings. The van der Waals surface area contributed by atoms with Crippen LogP contribution in [0.25, 0.3) is 11.0 Å². The fraction of sp³-hybridized carbons (Fsp3) is 0.348. The van der Waals surface area contributed by atoms with Gasteiger partial charge in [-0.2, -0.15) is 5.26 Å². The normalized spacial score (nSPS) is 19.5. The highest BCUT2D eigenvalue weighted by atomic mass is 35.5. The van der Waals surface area contributed by atoms with Crippen LogP contribution in [0.5, 0.6) is 0 Å². The Morgan fingerprint density at radius 2 is 1.84 bits per heavy atom. The van der Waals surface area contributed by atoms with Gasteiger partial charge in [-0.1, -0.05) is 29.3 Å². The van der Waals surface area contributed by atoms with E-state index < -0.39 is 0 Å². The monoisotopic (exact) mass is 455 g/mol.